The van der Waals surface area contributed by atoms with E-state index in [-0.39, 0.29) is 10.1 Å². The second kappa shape index (κ2) is 6.47. The number of thiophene rings is 1. The Balaban J connectivity index is 2.93. The highest BCUT2D eigenvalue weighted by Gasteiger charge is 2.28. The molecular formula is C12H19NO3S2. The highest BCUT2D eigenvalue weighted by atomic mass is 32.2. The molecule has 3 atom stereocenters. The standard InChI is InChI=1S/C12H19NO3S2/c1-4-9(3)12(10(14)5-2)13-18(15,16)11-7-6-8-17-11/h5-10,12-14H,2,4H2,1,3H3/t9-,10?,12-/m0/s1. The van der Waals surface area contributed by atoms with E-state index in [0.29, 0.717) is 0 Å². The quantitative estimate of drug-likeness (QED) is 0.754. The van der Waals surface area contributed by atoms with Crippen LogP contribution in [0.15, 0.2) is 34.4 Å². The molecule has 1 rings (SSSR count). The van der Waals surface area contributed by atoms with Crippen LogP contribution in [0.1, 0.15) is 20.3 Å². The van der Waals surface area contributed by atoms with Crippen molar-refractivity contribution in [2.75, 3.05) is 0 Å². The first kappa shape index (κ1) is 15.4. The van der Waals surface area contributed by atoms with Gasteiger partial charge in [-0.2, -0.15) is 0 Å². The number of hydrogen-bond donors (Lipinski definition) is 2. The third kappa shape index (κ3) is 3.65. The van der Waals surface area contributed by atoms with Gasteiger partial charge < -0.3 is 5.11 Å². The van der Waals surface area contributed by atoms with Crippen molar-refractivity contribution in [3.63, 3.8) is 0 Å². The van der Waals surface area contributed by atoms with Gasteiger partial charge >= 0.3 is 0 Å². The van der Waals surface area contributed by atoms with Gasteiger partial charge in [0, 0.05) is 0 Å². The fraction of sp³-hybridized carbons (Fsp3) is 0.500. The molecule has 6 heteroatoms. The van der Waals surface area contributed by atoms with Gasteiger partial charge in [-0.3, -0.25) is 0 Å². The molecule has 0 radical (unpaired) electrons. The van der Waals surface area contributed by atoms with E-state index in [1.54, 1.807) is 17.5 Å². The molecule has 0 saturated heterocycles. The molecule has 2 N–H and O–H groups in total. The van der Waals surface area contributed by atoms with Gasteiger partial charge in [0.2, 0.25) is 10.0 Å². The molecule has 0 fully saturated rings. The molecule has 1 unspecified atom stereocenters. The maximum Gasteiger partial charge on any atom is 0.250 e. The maximum absolute atomic E-state index is 12.1. The zero-order chi connectivity index (χ0) is 13.8. The van der Waals surface area contributed by atoms with Crippen LogP contribution in [0.5, 0.6) is 0 Å². The van der Waals surface area contributed by atoms with Gasteiger partial charge in [-0.25, -0.2) is 13.1 Å². The summed E-state index contributed by atoms with van der Waals surface area (Å²) in [5.74, 6) is 0.0211. The van der Waals surface area contributed by atoms with Crippen LogP contribution in [0.3, 0.4) is 0 Å². The summed E-state index contributed by atoms with van der Waals surface area (Å²) in [5, 5.41) is 11.5. The zero-order valence-corrected chi connectivity index (χ0v) is 12.2. The Labute approximate surface area is 112 Å². The lowest BCUT2D eigenvalue weighted by atomic mass is 9.95. The maximum atomic E-state index is 12.1. The number of aliphatic hydroxyl groups is 1. The lowest BCUT2D eigenvalue weighted by molar-refractivity contribution is 0.153. The zero-order valence-electron chi connectivity index (χ0n) is 10.5. The van der Waals surface area contributed by atoms with Crippen LogP contribution in [0.4, 0.5) is 0 Å². The van der Waals surface area contributed by atoms with E-state index in [4.69, 9.17) is 0 Å². The minimum absolute atomic E-state index is 0.0211. The Morgan fingerprint density at radius 3 is 2.72 bits per heavy atom. The average molecular weight is 289 g/mol. The van der Waals surface area contributed by atoms with E-state index in [0.717, 1.165) is 17.8 Å². The molecule has 0 amide bonds. The molecule has 0 aliphatic rings. The van der Waals surface area contributed by atoms with Crippen molar-refractivity contribution in [1.29, 1.82) is 0 Å². The number of aliphatic hydroxyl groups excluding tert-OH is 1. The predicted octanol–water partition coefficient (Wildman–Crippen LogP) is 1.99. The predicted molar refractivity (Wildman–Crippen MR) is 74.1 cm³/mol. The summed E-state index contributed by atoms with van der Waals surface area (Å²) in [5.41, 5.74) is 0. The summed E-state index contributed by atoms with van der Waals surface area (Å²) in [6, 6.07) is 2.67. The molecule has 4 nitrogen and oxygen atoms in total. The number of hydrogen-bond acceptors (Lipinski definition) is 4. The van der Waals surface area contributed by atoms with E-state index < -0.39 is 22.2 Å². The van der Waals surface area contributed by atoms with Gasteiger partial charge in [0.25, 0.3) is 0 Å². The molecule has 0 aliphatic heterocycles. The topological polar surface area (TPSA) is 66.4 Å². The van der Waals surface area contributed by atoms with E-state index >= 15 is 0 Å². The second-order valence-corrected chi connectivity index (χ2v) is 7.08. The molecule has 0 aliphatic carbocycles. The molecule has 0 saturated carbocycles. The highest BCUT2D eigenvalue weighted by Crippen LogP contribution is 2.19. The Hall–Kier alpha value is -0.690. The molecule has 1 aromatic rings. The average Bonchev–Trinajstić information content (AvgIpc) is 2.88. The van der Waals surface area contributed by atoms with Crippen molar-refractivity contribution < 1.29 is 13.5 Å². The van der Waals surface area contributed by atoms with E-state index in [1.807, 2.05) is 13.8 Å². The van der Waals surface area contributed by atoms with Crippen LogP contribution < -0.4 is 4.72 Å². The summed E-state index contributed by atoms with van der Waals surface area (Å²) in [6.07, 6.45) is 1.23. The van der Waals surface area contributed by atoms with Crippen molar-refractivity contribution in [3.05, 3.63) is 30.2 Å². The van der Waals surface area contributed by atoms with E-state index in [2.05, 4.69) is 11.3 Å². The van der Waals surface area contributed by atoms with Crippen molar-refractivity contribution in [1.82, 2.24) is 4.72 Å². The third-order valence-corrected chi connectivity index (χ3v) is 5.77. The van der Waals surface area contributed by atoms with Crippen LogP contribution in [-0.4, -0.2) is 25.7 Å². The van der Waals surface area contributed by atoms with Gasteiger partial charge in [0.05, 0.1) is 12.1 Å². The fourth-order valence-corrected chi connectivity index (χ4v) is 3.95. The highest BCUT2D eigenvalue weighted by molar-refractivity contribution is 7.91. The molecule has 1 aromatic heterocycles. The van der Waals surface area contributed by atoms with Crippen molar-refractivity contribution in [3.8, 4) is 0 Å². The number of nitrogens with one attached hydrogen (secondary N) is 1. The first-order chi connectivity index (χ1) is 8.42. The SMILES string of the molecule is C=CC(O)[C@@H](NS(=O)(=O)c1cccs1)[C@@H](C)CC. The van der Waals surface area contributed by atoms with Gasteiger partial charge in [-0.05, 0) is 17.4 Å². The smallest absolute Gasteiger partial charge is 0.250 e. The van der Waals surface area contributed by atoms with Crippen molar-refractivity contribution >= 4 is 21.4 Å². The summed E-state index contributed by atoms with van der Waals surface area (Å²) in [6.45, 7) is 7.36. The van der Waals surface area contributed by atoms with E-state index in [9.17, 15) is 13.5 Å². The van der Waals surface area contributed by atoms with Crippen LogP contribution in [0, 0.1) is 5.92 Å². The van der Waals surface area contributed by atoms with Crippen LogP contribution in [-0.2, 0) is 10.0 Å². The lowest BCUT2D eigenvalue weighted by Gasteiger charge is -2.26. The molecular weight excluding hydrogens is 270 g/mol. The van der Waals surface area contributed by atoms with Crippen LogP contribution in [0.25, 0.3) is 0 Å². The third-order valence-electron chi connectivity index (χ3n) is 2.92. The summed E-state index contributed by atoms with van der Waals surface area (Å²) in [7, 11) is -3.57. The normalized spacial score (nSPS) is 17.1. The largest absolute Gasteiger partial charge is 0.387 e. The molecule has 0 spiro atoms. The lowest BCUT2D eigenvalue weighted by Crippen LogP contribution is -2.46. The molecule has 1 heterocycles. The Morgan fingerprint density at radius 1 is 1.61 bits per heavy atom. The molecule has 0 aromatic carbocycles. The van der Waals surface area contributed by atoms with E-state index in [1.165, 1.54) is 6.08 Å². The minimum Gasteiger partial charge on any atom is -0.387 e. The Kier molecular flexibility index (Phi) is 5.52. The fourth-order valence-electron chi connectivity index (χ4n) is 1.58. The Bertz CT molecular complexity index is 468. The van der Waals surface area contributed by atoms with Crippen molar-refractivity contribution in [2.24, 2.45) is 5.92 Å². The summed E-state index contributed by atoms with van der Waals surface area (Å²) < 4.78 is 27.0. The number of sulfonamides is 1. The van der Waals surface area contributed by atoms with Gasteiger partial charge in [-0.1, -0.05) is 32.4 Å². The molecule has 102 valence electrons. The van der Waals surface area contributed by atoms with Crippen molar-refractivity contribution in [2.45, 2.75) is 36.6 Å². The first-order valence-corrected chi connectivity index (χ1v) is 8.15. The number of rotatable bonds is 7. The van der Waals surface area contributed by atoms with Gasteiger partial charge in [0.15, 0.2) is 0 Å². The van der Waals surface area contributed by atoms with Crippen LogP contribution in [0.2, 0.25) is 0 Å². The summed E-state index contributed by atoms with van der Waals surface area (Å²) >= 11 is 1.15. The molecule has 18 heavy (non-hydrogen) atoms. The monoisotopic (exact) mass is 289 g/mol. The summed E-state index contributed by atoms with van der Waals surface area (Å²) in [4.78, 5) is 0. The van der Waals surface area contributed by atoms with Crippen LogP contribution >= 0.6 is 11.3 Å². The minimum atomic E-state index is -3.57. The molecule has 0 bridgehead atoms. The van der Waals surface area contributed by atoms with Gasteiger partial charge in [0.1, 0.15) is 4.21 Å². The first-order valence-electron chi connectivity index (χ1n) is 5.78. The van der Waals surface area contributed by atoms with Gasteiger partial charge in [-0.15, -0.1) is 17.9 Å². The second-order valence-electron chi connectivity index (χ2n) is 4.19. The Morgan fingerprint density at radius 2 is 2.28 bits per heavy atom.